The second-order valence-electron chi connectivity index (χ2n) is 11.7. The van der Waals surface area contributed by atoms with Crippen molar-refractivity contribution in [3.63, 3.8) is 0 Å². The molecule has 0 aliphatic rings. The first-order chi connectivity index (χ1) is 28.9. The Bertz CT molecular complexity index is 3310. The Labute approximate surface area is 301 Å². The predicted octanol–water partition coefficient (Wildman–Crippen LogP) is 11.5. The average molecular weight is 651 g/mol. The van der Waals surface area contributed by atoms with Crippen LogP contribution >= 0.6 is 0 Å². The van der Waals surface area contributed by atoms with Gasteiger partial charge in [-0.15, -0.1) is 0 Å². The highest BCUT2D eigenvalue weighted by atomic mass is 16.3. The quantitative estimate of drug-likeness (QED) is 0.186. The lowest BCUT2D eigenvalue weighted by Crippen LogP contribution is -2.02. The minimum atomic E-state index is -0.616. The van der Waals surface area contributed by atoms with E-state index < -0.39 is 60.4 Å². The first kappa shape index (κ1) is 19.8. The third kappa shape index (κ3) is 4.52. The van der Waals surface area contributed by atoms with Gasteiger partial charge in [-0.25, -0.2) is 15.0 Å². The molecule has 0 spiro atoms. The normalized spacial score (nSPS) is 14.4. The molecule has 5 nitrogen and oxygen atoms in total. The molecular formula is C45H28N4O. The van der Waals surface area contributed by atoms with Crippen LogP contribution in [0.25, 0.3) is 94.7 Å². The number of para-hydroxylation sites is 3. The van der Waals surface area contributed by atoms with Gasteiger partial charge in [-0.1, -0.05) is 139 Å². The maximum Gasteiger partial charge on any atom is 0.166 e. The molecule has 0 fully saturated rings. The van der Waals surface area contributed by atoms with Gasteiger partial charge in [-0.05, 0) is 41.5 Å². The molecule has 7 aromatic carbocycles. The number of benzene rings is 7. The van der Waals surface area contributed by atoms with E-state index in [9.17, 15) is 0 Å². The fourth-order valence-electron chi connectivity index (χ4n) is 6.66. The van der Waals surface area contributed by atoms with Gasteiger partial charge in [0.15, 0.2) is 23.1 Å². The number of aromatic nitrogens is 4. The zero-order valence-corrected chi connectivity index (χ0v) is 26.1. The third-order valence-electron chi connectivity index (χ3n) is 8.84. The number of fused-ring (bicyclic) bond motifs is 6. The molecule has 5 heteroatoms. The van der Waals surface area contributed by atoms with Crippen molar-refractivity contribution in [3.8, 4) is 51.0 Å². The van der Waals surface area contributed by atoms with Gasteiger partial charge in [-0.2, -0.15) is 0 Å². The van der Waals surface area contributed by atoms with E-state index in [1.54, 1.807) is 6.07 Å². The molecule has 0 radical (unpaired) electrons. The number of rotatable bonds is 5. The standard InChI is InChI=1S/C45H28N4O/c1-4-14-29(15-5-1)32-26-27-34-36-22-13-25-39(42(36)50-40(34)28-32)49-38-24-11-10-20-33(38)35-21-12-23-37(41(35)49)45-47-43(30-16-6-2-7-17-30)46-44(48-45)31-18-8-3-9-19-31/h1-28H/i2D,3D,6D,7D,8D,9D,16D,17D,18D,19D. The van der Waals surface area contributed by atoms with Crippen LogP contribution in [0.4, 0.5) is 0 Å². The van der Waals surface area contributed by atoms with E-state index in [0.29, 0.717) is 27.9 Å². The van der Waals surface area contributed by atoms with Crippen LogP contribution in [0.15, 0.2) is 174 Å². The van der Waals surface area contributed by atoms with Crippen molar-refractivity contribution in [1.82, 2.24) is 19.5 Å². The van der Waals surface area contributed by atoms with Crippen molar-refractivity contribution in [2.24, 2.45) is 0 Å². The smallest absolute Gasteiger partial charge is 0.166 e. The van der Waals surface area contributed by atoms with Gasteiger partial charge in [-0.3, -0.25) is 0 Å². The van der Waals surface area contributed by atoms with Gasteiger partial charge in [0.2, 0.25) is 0 Å². The highest BCUT2D eigenvalue weighted by Gasteiger charge is 2.22. The summed E-state index contributed by atoms with van der Waals surface area (Å²) in [5, 5.41) is 3.51. The molecule has 10 rings (SSSR count). The molecule has 0 unspecified atom stereocenters. The maximum absolute atomic E-state index is 8.79. The maximum atomic E-state index is 8.79. The Morgan fingerprint density at radius 2 is 1.12 bits per heavy atom. The lowest BCUT2D eigenvalue weighted by atomic mass is 10.0. The van der Waals surface area contributed by atoms with E-state index in [0.717, 1.165) is 38.2 Å². The number of furan rings is 1. The second kappa shape index (κ2) is 11.4. The first-order valence-corrected chi connectivity index (χ1v) is 15.9. The number of hydrogen-bond acceptors (Lipinski definition) is 4. The van der Waals surface area contributed by atoms with Crippen molar-refractivity contribution in [2.75, 3.05) is 0 Å². The van der Waals surface area contributed by atoms with Crippen LogP contribution in [0.5, 0.6) is 0 Å². The summed E-state index contributed by atoms with van der Waals surface area (Å²) in [4.78, 5) is 14.0. The van der Waals surface area contributed by atoms with E-state index >= 15 is 0 Å². The minimum absolute atomic E-state index is 0.0347. The van der Waals surface area contributed by atoms with Crippen molar-refractivity contribution in [1.29, 1.82) is 0 Å². The largest absolute Gasteiger partial charge is 0.454 e. The summed E-state index contributed by atoms with van der Waals surface area (Å²) >= 11 is 0. The zero-order valence-electron chi connectivity index (χ0n) is 36.1. The lowest BCUT2D eigenvalue weighted by molar-refractivity contribution is 0.666. The Hall–Kier alpha value is -6.85. The average Bonchev–Trinajstić information content (AvgIpc) is 3.82. The number of hydrogen-bond donors (Lipinski definition) is 0. The van der Waals surface area contributed by atoms with E-state index in [1.165, 1.54) is 0 Å². The monoisotopic (exact) mass is 650 g/mol. The highest BCUT2D eigenvalue weighted by molar-refractivity contribution is 6.15. The van der Waals surface area contributed by atoms with Crippen LogP contribution < -0.4 is 0 Å². The lowest BCUT2D eigenvalue weighted by Gasteiger charge is -2.13. The van der Waals surface area contributed by atoms with Crippen molar-refractivity contribution < 1.29 is 18.1 Å². The summed E-state index contributed by atoms with van der Waals surface area (Å²) in [5.74, 6) is -0.716. The fraction of sp³-hybridized carbons (Fsp3) is 0. The Balaban J connectivity index is 1.30. The summed E-state index contributed by atoms with van der Waals surface area (Å²) in [6.07, 6.45) is 0. The molecule has 0 saturated carbocycles. The number of nitrogens with zero attached hydrogens (tertiary/aromatic N) is 4. The van der Waals surface area contributed by atoms with Crippen LogP contribution in [0, 0.1) is 0 Å². The summed E-state index contributed by atoms with van der Waals surface area (Å²) in [5.41, 5.74) is 5.26. The molecule has 0 N–H and O–H groups in total. The van der Waals surface area contributed by atoms with Gasteiger partial charge < -0.3 is 8.98 Å². The molecule has 0 aliphatic carbocycles. The third-order valence-corrected chi connectivity index (χ3v) is 8.84. The molecule has 50 heavy (non-hydrogen) atoms. The van der Waals surface area contributed by atoms with Gasteiger partial charge in [0, 0.05) is 38.2 Å². The zero-order chi connectivity index (χ0) is 41.7. The van der Waals surface area contributed by atoms with Crippen LogP contribution in [0.1, 0.15) is 13.7 Å². The first-order valence-electron chi connectivity index (χ1n) is 20.9. The second-order valence-corrected chi connectivity index (χ2v) is 11.7. The molecule has 0 atom stereocenters. The van der Waals surface area contributed by atoms with Gasteiger partial charge in [0.05, 0.1) is 30.4 Å². The molecule has 3 heterocycles. The Kier molecular flexibility index (Phi) is 4.52. The van der Waals surface area contributed by atoms with Crippen molar-refractivity contribution in [2.45, 2.75) is 0 Å². The van der Waals surface area contributed by atoms with E-state index in [1.807, 2.05) is 95.6 Å². The molecule has 234 valence electrons. The molecule has 10 aromatic rings. The minimum Gasteiger partial charge on any atom is -0.454 e. The summed E-state index contributed by atoms with van der Waals surface area (Å²) < 4.78 is 94.0. The van der Waals surface area contributed by atoms with Gasteiger partial charge in [0.1, 0.15) is 5.58 Å². The van der Waals surface area contributed by atoms with Crippen LogP contribution in [-0.4, -0.2) is 19.5 Å². The molecule has 0 aliphatic heterocycles. The predicted molar refractivity (Wildman–Crippen MR) is 203 cm³/mol. The molecule has 0 saturated heterocycles. The molecule has 3 aromatic heterocycles. The molecule has 0 bridgehead atoms. The Morgan fingerprint density at radius 3 is 1.88 bits per heavy atom. The topological polar surface area (TPSA) is 56.7 Å². The molecule has 0 amide bonds. The van der Waals surface area contributed by atoms with E-state index in [4.69, 9.17) is 28.1 Å². The Morgan fingerprint density at radius 1 is 0.480 bits per heavy atom. The van der Waals surface area contributed by atoms with Crippen molar-refractivity contribution >= 4 is 43.7 Å². The SMILES string of the molecule is [2H]c1c([2H])c([2H])c(-c2nc(-c3c([2H])c([2H])c([2H])c([2H])c3[2H])nc(-c3cccc4c5ccccc5n(-c5cccc6c5oc5cc(-c7ccccc7)ccc56)c34)n2)c([2H])c1[2H]. The van der Waals surface area contributed by atoms with Crippen LogP contribution in [0.3, 0.4) is 0 Å². The summed E-state index contributed by atoms with van der Waals surface area (Å²) in [7, 11) is 0. The van der Waals surface area contributed by atoms with Crippen LogP contribution in [0.2, 0.25) is 0 Å². The molecular weight excluding hydrogens is 613 g/mol. The van der Waals surface area contributed by atoms with Gasteiger partial charge >= 0.3 is 0 Å². The van der Waals surface area contributed by atoms with E-state index in [-0.39, 0.29) is 28.6 Å². The van der Waals surface area contributed by atoms with Gasteiger partial charge in [0.25, 0.3) is 0 Å². The summed E-state index contributed by atoms with van der Waals surface area (Å²) in [6, 6.07) is 29.5. The van der Waals surface area contributed by atoms with Crippen molar-refractivity contribution in [3.05, 3.63) is 170 Å². The summed E-state index contributed by atoms with van der Waals surface area (Å²) in [6.45, 7) is 0. The van der Waals surface area contributed by atoms with Crippen LogP contribution in [-0.2, 0) is 0 Å². The fourth-order valence-corrected chi connectivity index (χ4v) is 6.66. The van der Waals surface area contributed by atoms with E-state index in [2.05, 4.69) is 17.1 Å². The highest BCUT2D eigenvalue weighted by Crippen LogP contribution is 2.41.